The number of nitrogens with one attached hydrogen (secondary N) is 1. The van der Waals surface area contributed by atoms with Gasteiger partial charge < -0.3 is 5.32 Å². The van der Waals surface area contributed by atoms with Crippen LogP contribution in [0.25, 0.3) is 0 Å². The van der Waals surface area contributed by atoms with Gasteiger partial charge in [0, 0.05) is 11.6 Å². The third-order valence-electron chi connectivity index (χ3n) is 3.40. The summed E-state index contributed by atoms with van der Waals surface area (Å²) in [5.41, 5.74) is -0.133. The zero-order valence-corrected chi connectivity index (χ0v) is 12.8. The van der Waals surface area contributed by atoms with Crippen LogP contribution in [0, 0.1) is 10.1 Å². The van der Waals surface area contributed by atoms with Crippen LogP contribution in [0.2, 0.25) is 0 Å². The molecule has 104 valence electrons. The molecule has 0 radical (unpaired) electrons. The van der Waals surface area contributed by atoms with Crippen molar-refractivity contribution in [3.8, 4) is 0 Å². The normalized spacial score (nSPS) is 11.2. The number of rotatable bonds is 5. The van der Waals surface area contributed by atoms with E-state index >= 15 is 0 Å². The molecule has 19 heavy (non-hydrogen) atoms. The molecule has 0 saturated heterocycles. The van der Waals surface area contributed by atoms with Gasteiger partial charge >= 0.3 is 0 Å². The first-order valence-corrected chi connectivity index (χ1v) is 6.89. The first-order chi connectivity index (χ1) is 8.84. The lowest BCUT2D eigenvalue weighted by Gasteiger charge is -2.28. The van der Waals surface area contributed by atoms with Crippen LogP contribution < -0.4 is 5.32 Å². The second-order valence-electron chi connectivity index (χ2n) is 4.62. The third kappa shape index (κ3) is 3.53. The van der Waals surface area contributed by atoms with Crippen molar-refractivity contribution in [1.29, 1.82) is 0 Å². The van der Waals surface area contributed by atoms with E-state index in [-0.39, 0.29) is 27.2 Å². The van der Waals surface area contributed by atoms with E-state index < -0.39 is 4.92 Å². The Kier molecular flexibility index (Phi) is 5.05. The zero-order chi connectivity index (χ0) is 14.6. The molecule has 0 unspecified atom stereocenters. The predicted octanol–water partition coefficient (Wildman–Crippen LogP) is 3.67. The summed E-state index contributed by atoms with van der Waals surface area (Å²) in [6, 6.07) is 4.44. The Morgan fingerprint density at radius 3 is 2.47 bits per heavy atom. The first kappa shape index (κ1) is 15.6. The summed E-state index contributed by atoms with van der Waals surface area (Å²) in [5.74, 6) is -0.304. The van der Waals surface area contributed by atoms with Crippen LogP contribution in [0.3, 0.4) is 0 Å². The number of nitro benzene ring substituents is 1. The fraction of sp³-hybridized carbons (Fsp3) is 0.462. The van der Waals surface area contributed by atoms with Gasteiger partial charge in [0.05, 0.1) is 10.5 Å². The van der Waals surface area contributed by atoms with Crippen molar-refractivity contribution in [3.05, 3.63) is 38.3 Å². The Morgan fingerprint density at radius 1 is 1.42 bits per heavy atom. The van der Waals surface area contributed by atoms with Crippen LogP contribution in [0.1, 0.15) is 44.0 Å². The summed E-state index contributed by atoms with van der Waals surface area (Å²) in [7, 11) is 0. The molecule has 0 saturated carbocycles. The van der Waals surface area contributed by atoms with Gasteiger partial charge in [-0.3, -0.25) is 14.9 Å². The van der Waals surface area contributed by atoms with E-state index in [1.165, 1.54) is 12.1 Å². The minimum Gasteiger partial charge on any atom is -0.347 e. The van der Waals surface area contributed by atoms with Crippen LogP contribution in [-0.4, -0.2) is 16.4 Å². The Balaban J connectivity index is 3.08. The van der Waals surface area contributed by atoms with Crippen LogP contribution in [-0.2, 0) is 0 Å². The second kappa shape index (κ2) is 6.14. The molecule has 0 aliphatic rings. The Morgan fingerprint density at radius 2 is 2.00 bits per heavy atom. The Bertz CT molecular complexity index is 499. The molecule has 0 bridgehead atoms. The molecule has 0 atom stereocenters. The molecule has 5 nitrogen and oxygen atoms in total. The van der Waals surface area contributed by atoms with Crippen molar-refractivity contribution in [1.82, 2.24) is 5.32 Å². The summed E-state index contributed by atoms with van der Waals surface area (Å²) in [6.07, 6.45) is 1.59. The topological polar surface area (TPSA) is 72.2 Å². The van der Waals surface area contributed by atoms with Gasteiger partial charge in [-0.2, -0.15) is 0 Å². The molecule has 0 spiro atoms. The number of carbonyl (C=O) groups excluding carboxylic acids is 1. The van der Waals surface area contributed by atoms with Crippen molar-refractivity contribution in [2.45, 2.75) is 39.2 Å². The van der Waals surface area contributed by atoms with Gasteiger partial charge in [0.25, 0.3) is 11.6 Å². The number of hydrogen-bond donors (Lipinski definition) is 1. The van der Waals surface area contributed by atoms with E-state index in [9.17, 15) is 14.9 Å². The monoisotopic (exact) mass is 328 g/mol. The molecule has 0 fully saturated rings. The van der Waals surface area contributed by atoms with Crippen molar-refractivity contribution in [3.63, 3.8) is 0 Å². The van der Waals surface area contributed by atoms with Crippen molar-refractivity contribution in [2.24, 2.45) is 0 Å². The fourth-order valence-corrected chi connectivity index (χ4v) is 2.19. The molecular formula is C13H17BrN2O3. The van der Waals surface area contributed by atoms with E-state index in [2.05, 4.69) is 21.2 Å². The molecular weight excluding hydrogens is 312 g/mol. The summed E-state index contributed by atoms with van der Waals surface area (Å²) >= 11 is 3.13. The van der Waals surface area contributed by atoms with Gasteiger partial charge in [0.2, 0.25) is 0 Å². The van der Waals surface area contributed by atoms with Gasteiger partial charge in [-0.15, -0.1) is 0 Å². The van der Waals surface area contributed by atoms with E-state index in [4.69, 9.17) is 0 Å². The highest BCUT2D eigenvalue weighted by Gasteiger charge is 2.25. The smallest absolute Gasteiger partial charge is 0.284 e. The average Bonchev–Trinajstić information content (AvgIpc) is 2.38. The molecule has 0 heterocycles. The molecule has 1 rings (SSSR count). The van der Waals surface area contributed by atoms with Crippen LogP contribution >= 0.6 is 15.9 Å². The largest absolute Gasteiger partial charge is 0.347 e. The third-order valence-corrected chi connectivity index (χ3v) is 4.23. The number of amides is 1. The molecule has 0 aliphatic carbocycles. The fourth-order valence-electron chi connectivity index (χ4n) is 1.60. The lowest BCUT2D eigenvalue weighted by molar-refractivity contribution is -0.385. The summed E-state index contributed by atoms with van der Waals surface area (Å²) in [4.78, 5) is 22.5. The van der Waals surface area contributed by atoms with Gasteiger partial charge in [-0.25, -0.2) is 0 Å². The number of nitrogens with zero attached hydrogens (tertiary/aromatic N) is 1. The van der Waals surface area contributed by atoms with Crippen molar-refractivity contribution in [2.75, 3.05) is 0 Å². The maximum absolute atomic E-state index is 12.2. The molecule has 6 heteroatoms. The second-order valence-corrected chi connectivity index (χ2v) is 5.41. The molecule has 1 aromatic rings. The molecule has 0 aromatic heterocycles. The number of benzene rings is 1. The number of nitro groups is 1. The minimum absolute atomic E-state index is 0.109. The van der Waals surface area contributed by atoms with Crippen LogP contribution in [0.5, 0.6) is 0 Å². The number of hydrogen-bond acceptors (Lipinski definition) is 3. The number of halogens is 1. The van der Waals surface area contributed by atoms with Gasteiger partial charge in [-0.05, 0) is 41.8 Å². The standard InChI is InChI=1S/C13H17BrN2O3/c1-4-13(3,5-2)15-12(17)9-7-6-8-10(11(9)14)16(18)19/h6-8H,4-5H2,1-3H3,(H,15,17). The lowest BCUT2D eigenvalue weighted by Crippen LogP contribution is -2.45. The SMILES string of the molecule is CCC(C)(CC)NC(=O)c1cccc([N+](=O)[O-])c1Br. The van der Waals surface area contributed by atoms with Crippen molar-refractivity contribution < 1.29 is 9.72 Å². The van der Waals surface area contributed by atoms with Crippen LogP contribution in [0.15, 0.2) is 22.7 Å². The molecule has 1 N–H and O–H groups in total. The zero-order valence-electron chi connectivity index (χ0n) is 11.2. The molecule has 1 aromatic carbocycles. The minimum atomic E-state index is -0.514. The molecule has 0 aliphatic heterocycles. The summed E-state index contributed by atoms with van der Waals surface area (Å²) in [6.45, 7) is 5.94. The highest BCUT2D eigenvalue weighted by molar-refractivity contribution is 9.10. The van der Waals surface area contributed by atoms with Crippen molar-refractivity contribution >= 4 is 27.5 Å². The molecule has 1 amide bonds. The maximum Gasteiger partial charge on any atom is 0.284 e. The van der Waals surface area contributed by atoms with Gasteiger partial charge in [-0.1, -0.05) is 19.9 Å². The average molecular weight is 329 g/mol. The summed E-state index contributed by atoms with van der Waals surface area (Å²) in [5, 5.41) is 13.8. The van der Waals surface area contributed by atoms with Gasteiger partial charge in [0.15, 0.2) is 0 Å². The van der Waals surface area contributed by atoms with E-state index in [1.807, 2.05) is 20.8 Å². The predicted molar refractivity (Wildman–Crippen MR) is 77.2 cm³/mol. The lowest BCUT2D eigenvalue weighted by atomic mass is 9.95. The van der Waals surface area contributed by atoms with E-state index in [0.29, 0.717) is 0 Å². The van der Waals surface area contributed by atoms with E-state index in [1.54, 1.807) is 6.07 Å². The summed E-state index contributed by atoms with van der Waals surface area (Å²) < 4.78 is 0.215. The van der Waals surface area contributed by atoms with Gasteiger partial charge in [0.1, 0.15) is 4.47 Å². The Labute approximate surface area is 120 Å². The first-order valence-electron chi connectivity index (χ1n) is 6.10. The van der Waals surface area contributed by atoms with E-state index in [0.717, 1.165) is 12.8 Å². The highest BCUT2D eigenvalue weighted by atomic mass is 79.9. The quantitative estimate of drug-likeness (QED) is 0.662. The maximum atomic E-state index is 12.2. The van der Waals surface area contributed by atoms with Crippen LogP contribution in [0.4, 0.5) is 5.69 Å². The highest BCUT2D eigenvalue weighted by Crippen LogP contribution is 2.28. The Hall–Kier alpha value is -1.43. The number of carbonyl (C=O) groups is 1.